The first-order chi connectivity index (χ1) is 14.4. The number of anilines is 2. The molecule has 6 nitrogen and oxygen atoms in total. The summed E-state index contributed by atoms with van der Waals surface area (Å²) < 4.78 is 40.2. The fourth-order valence-corrected chi connectivity index (χ4v) is 3.87. The van der Waals surface area contributed by atoms with Gasteiger partial charge >= 0.3 is 6.18 Å². The van der Waals surface area contributed by atoms with E-state index < -0.39 is 28.9 Å². The number of carbonyl (C=O) groups excluding carboxylic acids is 2. The van der Waals surface area contributed by atoms with Crippen LogP contribution in [0.15, 0.2) is 42.5 Å². The minimum atomic E-state index is -4.76. The van der Waals surface area contributed by atoms with Gasteiger partial charge < -0.3 is 10.2 Å². The number of nitrogens with one attached hydrogen (secondary N) is 1. The van der Waals surface area contributed by atoms with Crippen molar-refractivity contribution in [2.24, 2.45) is 0 Å². The van der Waals surface area contributed by atoms with Gasteiger partial charge in [0.25, 0.3) is 11.8 Å². The number of thiocarbonyl (C=S) groups is 1. The third-order valence-electron chi connectivity index (χ3n) is 4.95. The Morgan fingerprint density at radius 3 is 2.23 bits per heavy atom. The molecule has 1 aliphatic heterocycles. The van der Waals surface area contributed by atoms with Crippen LogP contribution in [0, 0.1) is 6.57 Å². The number of hydrogen-bond acceptors (Lipinski definition) is 3. The molecule has 0 aliphatic carbocycles. The second-order valence-corrected chi connectivity index (χ2v) is 7.62. The monoisotopic (exact) mass is 446 g/mol. The van der Waals surface area contributed by atoms with Crippen molar-refractivity contribution in [1.82, 2.24) is 5.32 Å². The molecule has 2 amide bonds. The lowest BCUT2D eigenvalue weighted by Gasteiger charge is -2.29. The first-order valence-corrected chi connectivity index (χ1v) is 9.44. The summed E-state index contributed by atoms with van der Waals surface area (Å²) in [6, 6.07) is 9.39. The Morgan fingerprint density at radius 1 is 1.13 bits per heavy atom. The Hall–Kier alpha value is -3.45. The summed E-state index contributed by atoms with van der Waals surface area (Å²) in [7, 11) is 1.50. The van der Waals surface area contributed by atoms with Gasteiger partial charge in [-0.15, -0.1) is 0 Å². The van der Waals surface area contributed by atoms with E-state index in [4.69, 9.17) is 18.8 Å². The van der Waals surface area contributed by atoms with Gasteiger partial charge in [-0.25, -0.2) is 4.85 Å². The molecule has 0 spiro atoms. The number of amides is 2. The molecule has 0 aromatic heterocycles. The molecular formula is C21H17F3N4O2S. The molecule has 1 saturated heterocycles. The molecule has 1 heterocycles. The van der Waals surface area contributed by atoms with Crippen molar-refractivity contribution >= 4 is 46.2 Å². The summed E-state index contributed by atoms with van der Waals surface area (Å²) in [6.45, 7) is 10.2. The average Bonchev–Trinajstić information content (AvgIpc) is 2.90. The molecule has 2 aromatic rings. The summed E-state index contributed by atoms with van der Waals surface area (Å²) in [5, 5.41) is 2.50. The van der Waals surface area contributed by atoms with Crippen molar-refractivity contribution in [2.75, 3.05) is 16.8 Å². The molecular weight excluding hydrogens is 429 g/mol. The van der Waals surface area contributed by atoms with E-state index in [2.05, 4.69) is 10.2 Å². The summed E-state index contributed by atoms with van der Waals surface area (Å²) in [5.41, 5.74) is -2.05. The smallest absolute Gasteiger partial charge is 0.355 e. The average molecular weight is 446 g/mol. The standard InChI is InChI=1S/C21H17F3N4O2S/c1-20(2)18(30)27(14-9-10-16(25-3)15(11-14)21(22,23)24)19(31)28(20)13-7-5-12(6-8-13)17(29)26-4/h5-11H,1-2,4H3,(H,26,29). The van der Waals surface area contributed by atoms with Crippen molar-refractivity contribution in [3.63, 3.8) is 0 Å². The van der Waals surface area contributed by atoms with Crippen molar-refractivity contribution in [3.05, 3.63) is 65.0 Å². The highest BCUT2D eigenvalue weighted by Crippen LogP contribution is 2.41. The van der Waals surface area contributed by atoms with Crippen LogP contribution in [0.5, 0.6) is 0 Å². The van der Waals surface area contributed by atoms with Gasteiger partial charge in [-0.2, -0.15) is 13.2 Å². The van der Waals surface area contributed by atoms with Gasteiger partial charge in [-0.3, -0.25) is 14.5 Å². The Kier molecular flexibility index (Phi) is 5.50. The van der Waals surface area contributed by atoms with Crippen LogP contribution in [0.1, 0.15) is 29.8 Å². The summed E-state index contributed by atoms with van der Waals surface area (Å²) in [6.07, 6.45) is -4.76. The highest BCUT2D eigenvalue weighted by atomic mass is 32.1. The minimum Gasteiger partial charge on any atom is -0.355 e. The van der Waals surface area contributed by atoms with E-state index in [1.807, 2.05) is 0 Å². The second-order valence-electron chi connectivity index (χ2n) is 7.25. The van der Waals surface area contributed by atoms with E-state index in [0.29, 0.717) is 11.3 Å². The summed E-state index contributed by atoms with van der Waals surface area (Å²) >= 11 is 5.47. The Bertz CT molecular complexity index is 1120. The Morgan fingerprint density at radius 2 is 1.71 bits per heavy atom. The van der Waals surface area contributed by atoms with Gasteiger partial charge in [0.2, 0.25) is 0 Å². The molecule has 1 aliphatic rings. The summed E-state index contributed by atoms with van der Waals surface area (Å²) in [5.74, 6) is -0.802. The highest BCUT2D eigenvalue weighted by molar-refractivity contribution is 7.81. The van der Waals surface area contributed by atoms with Crippen molar-refractivity contribution < 1.29 is 22.8 Å². The number of nitrogens with zero attached hydrogens (tertiary/aromatic N) is 3. The zero-order valence-corrected chi connectivity index (χ0v) is 17.6. The molecule has 1 fully saturated rings. The minimum absolute atomic E-state index is 0.00798. The lowest BCUT2D eigenvalue weighted by molar-refractivity contribution is -0.136. The van der Waals surface area contributed by atoms with E-state index >= 15 is 0 Å². The first kappa shape index (κ1) is 22.2. The van der Waals surface area contributed by atoms with Crippen LogP contribution in [0.25, 0.3) is 4.85 Å². The molecule has 2 aromatic carbocycles. The maximum Gasteiger partial charge on any atom is 0.407 e. The van der Waals surface area contributed by atoms with Crippen LogP contribution in [-0.4, -0.2) is 29.5 Å². The predicted molar refractivity (Wildman–Crippen MR) is 114 cm³/mol. The van der Waals surface area contributed by atoms with Crippen LogP contribution in [0.3, 0.4) is 0 Å². The molecule has 10 heteroatoms. The van der Waals surface area contributed by atoms with Gasteiger partial charge in [-0.05, 0) is 62.5 Å². The topological polar surface area (TPSA) is 57.0 Å². The van der Waals surface area contributed by atoms with E-state index in [0.717, 1.165) is 17.0 Å². The second kappa shape index (κ2) is 7.67. The first-order valence-electron chi connectivity index (χ1n) is 9.03. The zero-order chi connectivity index (χ0) is 23.1. The number of carbonyl (C=O) groups is 2. The molecule has 0 atom stereocenters. The van der Waals surface area contributed by atoms with Crippen LogP contribution in [-0.2, 0) is 11.0 Å². The van der Waals surface area contributed by atoms with Gasteiger partial charge in [0.05, 0.1) is 12.1 Å². The van der Waals surface area contributed by atoms with Gasteiger partial charge in [0.15, 0.2) is 10.8 Å². The third-order valence-corrected chi connectivity index (χ3v) is 5.31. The van der Waals surface area contributed by atoms with Crippen molar-refractivity contribution in [3.8, 4) is 0 Å². The van der Waals surface area contributed by atoms with Crippen LogP contribution >= 0.6 is 12.2 Å². The maximum absolute atomic E-state index is 13.4. The molecule has 3 rings (SSSR count). The fourth-order valence-electron chi connectivity index (χ4n) is 3.35. The lowest BCUT2D eigenvalue weighted by Crippen LogP contribution is -2.44. The van der Waals surface area contributed by atoms with E-state index in [9.17, 15) is 22.8 Å². The van der Waals surface area contributed by atoms with Gasteiger partial charge in [-0.1, -0.05) is 6.07 Å². The molecule has 0 radical (unpaired) electrons. The Balaban J connectivity index is 2.06. The predicted octanol–water partition coefficient (Wildman–Crippen LogP) is 4.53. The maximum atomic E-state index is 13.4. The Labute approximate surface area is 182 Å². The molecule has 31 heavy (non-hydrogen) atoms. The fraction of sp³-hybridized carbons (Fsp3) is 0.238. The quantitative estimate of drug-likeness (QED) is 0.556. The number of halogens is 3. The lowest BCUT2D eigenvalue weighted by atomic mass is 10.0. The summed E-state index contributed by atoms with van der Waals surface area (Å²) in [4.78, 5) is 30.4. The number of alkyl halides is 3. The van der Waals surface area contributed by atoms with Gasteiger partial charge in [0, 0.05) is 24.0 Å². The molecule has 0 unspecified atom stereocenters. The zero-order valence-electron chi connectivity index (χ0n) is 16.7. The SMILES string of the molecule is [C-]#[N+]c1ccc(N2C(=O)C(C)(C)N(c3ccc(C(=O)NC)cc3)C2=S)cc1C(F)(F)F. The third kappa shape index (κ3) is 3.72. The molecule has 0 saturated carbocycles. The largest absolute Gasteiger partial charge is 0.407 e. The van der Waals surface area contributed by atoms with E-state index in [-0.39, 0.29) is 16.7 Å². The molecule has 160 valence electrons. The number of rotatable bonds is 3. The number of benzene rings is 2. The van der Waals surface area contributed by atoms with E-state index in [1.54, 1.807) is 38.1 Å². The molecule has 1 N–H and O–H groups in total. The highest BCUT2D eigenvalue weighted by Gasteiger charge is 2.50. The van der Waals surface area contributed by atoms with Crippen molar-refractivity contribution in [2.45, 2.75) is 25.6 Å². The van der Waals surface area contributed by atoms with E-state index in [1.165, 1.54) is 18.0 Å². The van der Waals surface area contributed by atoms with Gasteiger partial charge in [0.1, 0.15) is 5.54 Å². The number of hydrogen-bond donors (Lipinski definition) is 1. The van der Waals surface area contributed by atoms with Crippen LogP contribution in [0.2, 0.25) is 0 Å². The van der Waals surface area contributed by atoms with Crippen LogP contribution in [0.4, 0.5) is 30.2 Å². The normalized spacial score (nSPS) is 15.8. The van der Waals surface area contributed by atoms with Crippen molar-refractivity contribution in [1.29, 1.82) is 0 Å². The van der Waals surface area contributed by atoms with Crippen LogP contribution < -0.4 is 15.1 Å². The molecule has 0 bridgehead atoms.